The highest BCUT2D eigenvalue weighted by Gasteiger charge is 2.39. The fraction of sp³-hybridized carbons (Fsp3) is 0.396. The molecule has 5 rings (SSSR count). The fourth-order valence-corrected chi connectivity index (χ4v) is 8.26. The molecule has 21 nitrogen and oxygen atoms in total. The summed E-state index contributed by atoms with van der Waals surface area (Å²) in [6.07, 6.45) is 0.929. The molecule has 0 saturated heterocycles. The molecule has 0 saturated carbocycles. The normalized spacial score (nSPS) is 14.9. The van der Waals surface area contributed by atoms with Gasteiger partial charge in [0, 0.05) is 32.4 Å². The quantitative estimate of drug-likeness (QED) is 0.0305. The van der Waals surface area contributed by atoms with Crippen molar-refractivity contribution in [2.45, 2.75) is 94.2 Å². The van der Waals surface area contributed by atoms with Crippen LogP contribution in [-0.2, 0) is 80.1 Å². The SMILES string of the molecule is NCCCC[C@H](NC(=O)COCCOCCNC(=O)[C@H](CC(=O)O)NC(=O)[C@H](Cc1ccccc1)NC(=O)[C@H](Cc1ccccc1)NC(=O)[C@@H]1Cc2ccccc2CN1C(=O)[C@@H](N)Cc1ccc(O)cc1)C(N)=O. The molecule has 0 spiro atoms. The Morgan fingerprint density at radius 1 is 0.635 bits per heavy atom. The first kappa shape index (κ1) is 57.2. The predicted molar refractivity (Wildman–Crippen MR) is 271 cm³/mol. The predicted octanol–water partition coefficient (Wildman–Crippen LogP) is -0.121. The van der Waals surface area contributed by atoms with E-state index in [9.17, 15) is 48.6 Å². The van der Waals surface area contributed by atoms with Gasteiger partial charge in [-0.2, -0.15) is 0 Å². The van der Waals surface area contributed by atoms with E-state index in [2.05, 4.69) is 26.6 Å². The molecule has 0 radical (unpaired) electrons. The molecule has 396 valence electrons. The van der Waals surface area contributed by atoms with Crippen LogP contribution >= 0.6 is 0 Å². The number of benzene rings is 4. The molecular formula is C53H67N9O12. The maximum atomic E-state index is 14.6. The number of carboxylic acid groups (broad SMARTS) is 1. The lowest BCUT2D eigenvalue weighted by Crippen LogP contribution is -2.61. The number of ether oxygens (including phenoxy) is 2. The number of hydrogen-bond acceptors (Lipinski definition) is 13. The van der Waals surface area contributed by atoms with E-state index in [1.807, 2.05) is 24.3 Å². The van der Waals surface area contributed by atoms with Crippen LogP contribution in [0.2, 0.25) is 0 Å². The minimum absolute atomic E-state index is 0.0111. The summed E-state index contributed by atoms with van der Waals surface area (Å²) in [6.45, 7) is 0.0103. The number of rotatable bonds is 30. The van der Waals surface area contributed by atoms with Crippen molar-refractivity contribution in [2.75, 3.05) is 39.5 Å². The number of amides is 7. The molecule has 0 aliphatic carbocycles. The van der Waals surface area contributed by atoms with Gasteiger partial charge >= 0.3 is 5.97 Å². The van der Waals surface area contributed by atoms with Crippen molar-refractivity contribution in [3.63, 3.8) is 0 Å². The van der Waals surface area contributed by atoms with Gasteiger partial charge in [-0.3, -0.25) is 38.4 Å². The topological polar surface area (TPSA) is 337 Å². The van der Waals surface area contributed by atoms with Crippen molar-refractivity contribution in [3.05, 3.63) is 137 Å². The van der Waals surface area contributed by atoms with Gasteiger partial charge < -0.3 is 68.4 Å². The summed E-state index contributed by atoms with van der Waals surface area (Å²) in [7, 11) is 0. The Hall–Kier alpha value is -7.72. The third-order valence-electron chi connectivity index (χ3n) is 12.2. The van der Waals surface area contributed by atoms with Crippen LogP contribution in [0.25, 0.3) is 0 Å². The second kappa shape index (κ2) is 29.7. The molecule has 4 aromatic rings. The van der Waals surface area contributed by atoms with Crippen LogP contribution in [0.15, 0.2) is 109 Å². The third-order valence-corrected chi connectivity index (χ3v) is 12.2. The first-order chi connectivity index (χ1) is 35.6. The average Bonchev–Trinajstić information content (AvgIpc) is 3.38. The molecule has 0 aromatic heterocycles. The largest absolute Gasteiger partial charge is 0.508 e. The zero-order valence-electron chi connectivity index (χ0n) is 41.1. The number of nitrogens with two attached hydrogens (primary N) is 3. The molecule has 1 aliphatic heterocycles. The van der Waals surface area contributed by atoms with Crippen LogP contribution < -0.4 is 43.8 Å². The van der Waals surface area contributed by atoms with Gasteiger partial charge in [-0.15, -0.1) is 0 Å². The van der Waals surface area contributed by atoms with Crippen molar-refractivity contribution >= 4 is 47.3 Å². The number of carbonyl (C=O) groups is 8. The third kappa shape index (κ3) is 18.7. The number of unbranched alkanes of at least 4 members (excludes halogenated alkanes) is 1. The number of hydrogen-bond donors (Lipinski definition) is 10. The van der Waals surface area contributed by atoms with E-state index in [1.165, 1.54) is 17.0 Å². The van der Waals surface area contributed by atoms with Gasteiger partial charge in [0.05, 0.1) is 32.3 Å². The summed E-state index contributed by atoms with van der Waals surface area (Å²) < 4.78 is 10.8. The minimum Gasteiger partial charge on any atom is -0.508 e. The summed E-state index contributed by atoms with van der Waals surface area (Å²) in [4.78, 5) is 108. The fourth-order valence-electron chi connectivity index (χ4n) is 8.26. The van der Waals surface area contributed by atoms with Crippen LogP contribution in [0, 0.1) is 0 Å². The molecule has 1 aliphatic rings. The van der Waals surface area contributed by atoms with Gasteiger partial charge in [-0.25, -0.2) is 0 Å². The van der Waals surface area contributed by atoms with Crippen molar-refractivity contribution in [3.8, 4) is 5.75 Å². The highest BCUT2D eigenvalue weighted by atomic mass is 16.5. The number of nitrogens with one attached hydrogen (secondary N) is 5. The van der Waals surface area contributed by atoms with E-state index >= 15 is 0 Å². The molecular weight excluding hydrogens is 955 g/mol. The zero-order chi connectivity index (χ0) is 53.4. The van der Waals surface area contributed by atoms with E-state index < -0.39 is 90.0 Å². The molecule has 0 bridgehead atoms. The first-order valence-electron chi connectivity index (χ1n) is 24.4. The number of aliphatic carboxylic acids is 1. The van der Waals surface area contributed by atoms with Gasteiger partial charge in [-0.05, 0) is 72.2 Å². The highest BCUT2D eigenvalue weighted by molar-refractivity contribution is 5.97. The Bertz CT molecular complexity index is 2500. The van der Waals surface area contributed by atoms with E-state index in [1.54, 1.807) is 72.8 Å². The first-order valence-corrected chi connectivity index (χ1v) is 24.4. The standard InChI is InChI=1S/C53H67N9O12/c54-22-10-9-17-41(48(56)67)58-46(64)33-74-26-25-73-24-23-57-49(68)44(31-47(65)66)60-50(69)42(28-34-11-3-1-4-12-34)59-51(70)43(29-35-13-5-2-6-14-35)61-52(71)45-30-37-15-7-8-16-38(37)32-62(45)53(72)40(55)27-36-18-20-39(63)21-19-36/h1-8,11-16,18-21,40-45,63H,9-10,17,22-33,54-55H2,(H2,56,67)(H,57,68)(H,58,64)(H,59,70)(H,60,69)(H,61,71)(H,65,66)/t40-,41-,42-,43-,44-,45-/m0/s1. The second-order valence-corrected chi connectivity index (χ2v) is 17.9. The Kier molecular flexibility index (Phi) is 23.0. The number of phenolic OH excluding ortho intramolecular Hbond substituents is 1. The summed E-state index contributed by atoms with van der Waals surface area (Å²) >= 11 is 0. The number of fused-ring (bicyclic) bond motifs is 1. The molecule has 4 aromatic carbocycles. The number of nitrogens with zero attached hydrogens (tertiary/aromatic N) is 1. The number of carboxylic acids is 1. The molecule has 0 unspecified atom stereocenters. The van der Waals surface area contributed by atoms with Gasteiger partial charge in [0.1, 0.15) is 42.6 Å². The van der Waals surface area contributed by atoms with Gasteiger partial charge in [0.15, 0.2) is 0 Å². The summed E-state index contributed by atoms with van der Waals surface area (Å²) in [5.74, 6) is -6.20. The van der Waals surface area contributed by atoms with Crippen molar-refractivity contribution in [1.82, 2.24) is 31.5 Å². The van der Waals surface area contributed by atoms with Crippen LogP contribution in [-0.4, -0.2) is 138 Å². The molecule has 13 N–H and O–H groups in total. The molecule has 0 fully saturated rings. The van der Waals surface area contributed by atoms with E-state index in [-0.39, 0.29) is 70.9 Å². The molecule has 74 heavy (non-hydrogen) atoms. The van der Waals surface area contributed by atoms with Crippen LogP contribution in [0.3, 0.4) is 0 Å². The Labute approximate surface area is 429 Å². The molecule has 6 atom stereocenters. The lowest BCUT2D eigenvalue weighted by molar-refractivity contribution is -0.144. The molecule has 21 heteroatoms. The average molecular weight is 1020 g/mol. The van der Waals surface area contributed by atoms with Gasteiger partial charge in [0.25, 0.3) is 0 Å². The van der Waals surface area contributed by atoms with E-state index in [0.717, 1.165) is 11.1 Å². The molecule has 1 heterocycles. The zero-order valence-corrected chi connectivity index (χ0v) is 41.1. The Morgan fingerprint density at radius 3 is 1.81 bits per heavy atom. The van der Waals surface area contributed by atoms with Crippen molar-refractivity contribution in [2.24, 2.45) is 17.2 Å². The maximum Gasteiger partial charge on any atom is 0.305 e. The van der Waals surface area contributed by atoms with E-state index in [4.69, 9.17) is 26.7 Å². The highest BCUT2D eigenvalue weighted by Crippen LogP contribution is 2.25. The number of phenols is 1. The second-order valence-electron chi connectivity index (χ2n) is 17.9. The Balaban J connectivity index is 1.25. The summed E-state index contributed by atoms with van der Waals surface area (Å²) in [5.41, 5.74) is 21.0. The summed E-state index contributed by atoms with van der Waals surface area (Å²) in [5, 5.41) is 32.7. The number of aromatic hydroxyl groups is 1. The summed E-state index contributed by atoms with van der Waals surface area (Å²) in [6, 6.07) is 23.9. The van der Waals surface area contributed by atoms with Gasteiger partial charge in [-0.1, -0.05) is 97.1 Å². The maximum absolute atomic E-state index is 14.6. The van der Waals surface area contributed by atoms with Crippen LogP contribution in [0.5, 0.6) is 5.75 Å². The van der Waals surface area contributed by atoms with Gasteiger partial charge in [0.2, 0.25) is 41.4 Å². The van der Waals surface area contributed by atoms with Crippen molar-refractivity contribution in [1.29, 1.82) is 0 Å². The number of carbonyl (C=O) groups excluding carboxylic acids is 7. The van der Waals surface area contributed by atoms with Crippen LogP contribution in [0.4, 0.5) is 0 Å². The van der Waals surface area contributed by atoms with Crippen LogP contribution in [0.1, 0.15) is 53.5 Å². The van der Waals surface area contributed by atoms with Crippen molar-refractivity contribution < 1.29 is 58.0 Å². The van der Waals surface area contributed by atoms with E-state index in [0.29, 0.717) is 42.5 Å². The Morgan fingerprint density at radius 2 is 1.20 bits per heavy atom. The lowest BCUT2D eigenvalue weighted by atomic mass is 9.92. The number of primary amides is 1. The minimum atomic E-state index is -1.59. The lowest BCUT2D eigenvalue weighted by Gasteiger charge is -2.38. The monoisotopic (exact) mass is 1020 g/mol. The molecule has 7 amide bonds. The smallest absolute Gasteiger partial charge is 0.305 e.